The monoisotopic (exact) mass is 419 g/mol. The van der Waals surface area contributed by atoms with Crippen molar-refractivity contribution in [2.75, 3.05) is 6.61 Å². The highest BCUT2D eigenvalue weighted by atomic mass is 16.6. The van der Waals surface area contributed by atoms with E-state index in [2.05, 4.69) is 11.9 Å². The third-order valence-electron chi connectivity index (χ3n) is 4.84. The Morgan fingerprint density at radius 3 is 2.47 bits per heavy atom. The SMILES string of the molecule is C=CC[C@H]1O[C@H](COCc2ccccc2)[C@H](OC(=O)C(C)(C)C)[C@H](O)[C@H]1NC(C)=O. The van der Waals surface area contributed by atoms with Gasteiger partial charge < -0.3 is 24.6 Å². The van der Waals surface area contributed by atoms with E-state index in [-0.39, 0.29) is 12.5 Å². The fourth-order valence-corrected chi connectivity index (χ4v) is 3.26. The number of rotatable bonds is 8. The van der Waals surface area contributed by atoms with Gasteiger partial charge in [0.25, 0.3) is 0 Å². The van der Waals surface area contributed by atoms with Crippen molar-refractivity contribution in [2.45, 2.75) is 71.2 Å². The van der Waals surface area contributed by atoms with Crippen LogP contribution in [0, 0.1) is 5.41 Å². The third-order valence-corrected chi connectivity index (χ3v) is 4.84. The minimum Gasteiger partial charge on any atom is -0.456 e. The summed E-state index contributed by atoms with van der Waals surface area (Å²) in [6.45, 7) is 10.8. The lowest BCUT2D eigenvalue weighted by Gasteiger charge is -2.44. The van der Waals surface area contributed by atoms with E-state index in [4.69, 9.17) is 14.2 Å². The van der Waals surface area contributed by atoms with Gasteiger partial charge in [0.15, 0.2) is 6.10 Å². The van der Waals surface area contributed by atoms with Crippen LogP contribution in [-0.2, 0) is 30.4 Å². The molecule has 0 radical (unpaired) electrons. The molecule has 5 atom stereocenters. The lowest BCUT2D eigenvalue weighted by molar-refractivity contribution is -0.220. The smallest absolute Gasteiger partial charge is 0.311 e. The molecule has 0 bridgehead atoms. The van der Waals surface area contributed by atoms with Gasteiger partial charge in [-0.15, -0.1) is 6.58 Å². The molecule has 166 valence electrons. The van der Waals surface area contributed by atoms with Crippen LogP contribution in [0.2, 0.25) is 0 Å². The van der Waals surface area contributed by atoms with E-state index in [9.17, 15) is 14.7 Å². The highest BCUT2D eigenvalue weighted by Crippen LogP contribution is 2.28. The molecular formula is C23H33NO6. The minimum absolute atomic E-state index is 0.120. The summed E-state index contributed by atoms with van der Waals surface area (Å²) in [7, 11) is 0. The number of carbonyl (C=O) groups is 2. The van der Waals surface area contributed by atoms with Gasteiger partial charge in [-0.3, -0.25) is 9.59 Å². The van der Waals surface area contributed by atoms with Crippen LogP contribution >= 0.6 is 0 Å². The van der Waals surface area contributed by atoms with Crippen molar-refractivity contribution in [3.63, 3.8) is 0 Å². The second-order valence-electron chi connectivity index (χ2n) is 8.57. The fourth-order valence-electron chi connectivity index (χ4n) is 3.26. The summed E-state index contributed by atoms with van der Waals surface area (Å²) in [6.07, 6.45) is -1.26. The number of aliphatic hydroxyl groups excluding tert-OH is 1. The van der Waals surface area contributed by atoms with Gasteiger partial charge in [0, 0.05) is 6.92 Å². The number of benzene rings is 1. The largest absolute Gasteiger partial charge is 0.456 e. The average Bonchev–Trinajstić information content (AvgIpc) is 2.67. The Kier molecular flexibility index (Phi) is 8.58. The van der Waals surface area contributed by atoms with Crippen LogP contribution in [0.1, 0.15) is 39.7 Å². The van der Waals surface area contributed by atoms with E-state index in [0.717, 1.165) is 5.56 Å². The maximum atomic E-state index is 12.5. The van der Waals surface area contributed by atoms with E-state index in [1.165, 1.54) is 6.92 Å². The highest BCUT2D eigenvalue weighted by Gasteiger charge is 2.48. The summed E-state index contributed by atoms with van der Waals surface area (Å²) in [5.74, 6) is -0.775. The van der Waals surface area contributed by atoms with Crippen molar-refractivity contribution in [1.29, 1.82) is 0 Å². The van der Waals surface area contributed by atoms with Gasteiger partial charge in [-0.2, -0.15) is 0 Å². The van der Waals surface area contributed by atoms with Crippen molar-refractivity contribution < 1.29 is 28.9 Å². The summed E-state index contributed by atoms with van der Waals surface area (Å²) in [5, 5.41) is 13.7. The Hall–Kier alpha value is -2.22. The zero-order valence-corrected chi connectivity index (χ0v) is 18.2. The summed E-state index contributed by atoms with van der Waals surface area (Å²) in [4.78, 5) is 24.2. The van der Waals surface area contributed by atoms with Crippen LogP contribution in [0.5, 0.6) is 0 Å². The van der Waals surface area contributed by atoms with Crippen LogP contribution in [0.3, 0.4) is 0 Å². The second-order valence-corrected chi connectivity index (χ2v) is 8.57. The molecule has 1 aromatic carbocycles. The summed E-state index contributed by atoms with van der Waals surface area (Å²) in [5.41, 5.74) is 0.243. The predicted molar refractivity (Wildman–Crippen MR) is 113 cm³/mol. The van der Waals surface area contributed by atoms with Gasteiger partial charge >= 0.3 is 5.97 Å². The molecule has 1 amide bonds. The van der Waals surface area contributed by atoms with E-state index < -0.39 is 41.8 Å². The molecule has 0 saturated carbocycles. The third kappa shape index (κ3) is 6.65. The van der Waals surface area contributed by atoms with Gasteiger partial charge in [-0.05, 0) is 32.8 Å². The Bertz CT molecular complexity index is 714. The fraction of sp³-hybridized carbons (Fsp3) is 0.565. The Labute approximate surface area is 178 Å². The highest BCUT2D eigenvalue weighted by molar-refractivity contribution is 5.76. The van der Waals surface area contributed by atoms with E-state index in [1.807, 2.05) is 30.3 Å². The zero-order chi connectivity index (χ0) is 22.3. The molecule has 1 aromatic rings. The van der Waals surface area contributed by atoms with Crippen molar-refractivity contribution in [1.82, 2.24) is 5.32 Å². The zero-order valence-electron chi connectivity index (χ0n) is 18.2. The molecule has 0 unspecified atom stereocenters. The molecule has 1 fully saturated rings. The molecule has 2 N–H and O–H groups in total. The van der Waals surface area contributed by atoms with Crippen molar-refractivity contribution in [3.8, 4) is 0 Å². The first-order valence-electron chi connectivity index (χ1n) is 10.2. The van der Waals surface area contributed by atoms with Gasteiger partial charge in [0.2, 0.25) is 5.91 Å². The van der Waals surface area contributed by atoms with Crippen LogP contribution in [0.25, 0.3) is 0 Å². The molecule has 1 saturated heterocycles. The molecule has 7 heteroatoms. The Balaban J connectivity index is 2.18. The predicted octanol–water partition coefficient (Wildman–Crippen LogP) is 2.37. The standard InChI is InChI=1S/C23H33NO6/c1-6-10-17-19(24-15(2)25)20(26)21(30-22(27)23(3,4)5)18(29-17)14-28-13-16-11-8-7-9-12-16/h6-9,11-12,17-21,26H,1,10,13-14H2,2-5H3,(H,24,25)/t17-,18-,19+,20-,21+/m1/s1. The first kappa shape index (κ1) is 24.1. The number of esters is 1. The molecular weight excluding hydrogens is 386 g/mol. The normalized spacial score (nSPS) is 26.6. The molecule has 30 heavy (non-hydrogen) atoms. The number of hydrogen-bond acceptors (Lipinski definition) is 6. The maximum Gasteiger partial charge on any atom is 0.311 e. The van der Waals surface area contributed by atoms with E-state index in [0.29, 0.717) is 13.0 Å². The van der Waals surface area contributed by atoms with Gasteiger partial charge in [-0.25, -0.2) is 0 Å². The molecule has 2 rings (SSSR count). The first-order chi connectivity index (χ1) is 14.1. The van der Waals surface area contributed by atoms with Crippen molar-refractivity contribution in [3.05, 3.63) is 48.6 Å². The Morgan fingerprint density at radius 2 is 1.90 bits per heavy atom. The lowest BCUT2D eigenvalue weighted by Crippen LogP contribution is -2.65. The number of amides is 1. The number of carbonyl (C=O) groups excluding carboxylic acids is 2. The van der Waals surface area contributed by atoms with Crippen molar-refractivity contribution in [2.24, 2.45) is 5.41 Å². The Morgan fingerprint density at radius 1 is 1.23 bits per heavy atom. The second kappa shape index (κ2) is 10.7. The number of aliphatic hydroxyl groups is 1. The van der Waals surface area contributed by atoms with E-state index in [1.54, 1.807) is 26.8 Å². The van der Waals surface area contributed by atoms with Gasteiger partial charge in [-0.1, -0.05) is 36.4 Å². The molecule has 0 aromatic heterocycles. The molecule has 0 spiro atoms. The van der Waals surface area contributed by atoms with Crippen LogP contribution in [-0.4, -0.2) is 54.0 Å². The number of ether oxygens (including phenoxy) is 3. The van der Waals surface area contributed by atoms with Crippen molar-refractivity contribution >= 4 is 11.9 Å². The average molecular weight is 420 g/mol. The van der Waals surface area contributed by atoms with E-state index >= 15 is 0 Å². The summed E-state index contributed by atoms with van der Waals surface area (Å²) >= 11 is 0. The molecule has 0 aliphatic carbocycles. The quantitative estimate of drug-likeness (QED) is 0.496. The first-order valence-corrected chi connectivity index (χ1v) is 10.2. The molecule has 1 aliphatic rings. The minimum atomic E-state index is -1.15. The lowest BCUT2D eigenvalue weighted by atomic mass is 9.90. The summed E-state index contributed by atoms with van der Waals surface area (Å²) in [6, 6.07) is 8.93. The van der Waals surface area contributed by atoms with Crippen LogP contribution in [0.4, 0.5) is 0 Å². The number of nitrogens with one attached hydrogen (secondary N) is 1. The number of hydrogen-bond donors (Lipinski definition) is 2. The van der Waals surface area contributed by atoms with Gasteiger partial charge in [0.05, 0.1) is 30.8 Å². The molecule has 1 aliphatic heterocycles. The van der Waals surface area contributed by atoms with Crippen LogP contribution < -0.4 is 5.32 Å². The molecule has 1 heterocycles. The maximum absolute atomic E-state index is 12.5. The molecule has 7 nitrogen and oxygen atoms in total. The van der Waals surface area contributed by atoms with Crippen LogP contribution in [0.15, 0.2) is 43.0 Å². The topological polar surface area (TPSA) is 94.1 Å². The van der Waals surface area contributed by atoms with Gasteiger partial charge in [0.1, 0.15) is 12.2 Å². The summed E-state index contributed by atoms with van der Waals surface area (Å²) < 4.78 is 17.6.